The molecule has 0 N–H and O–H groups in total. The third kappa shape index (κ3) is 1.51. The van der Waals surface area contributed by atoms with E-state index in [0.717, 1.165) is 26.5 Å². The molecule has 0 aliphatic heterocycles. The van der Waals surface area contributed by atoms with Gasteiger partial charge in [-0.1, -0.05) is 15.9 Å². The Morgan fingerprint density at radius 1 is 1.27 bits per heavy atom. The summed E-state index contributed by atoms with van der Waals surface area (Å²) >= 11 is 3.48. The van der Waals surface area contributed by atoms with Gasteiger partial charge in [0.05, 0.1) is 5.52 Å². The summed E-state index contributed by atoms with van der Waals surface area (Å²) in [5, 5.41) is 0.790. The van der Waals surface area contributed by atoms with Crippen LogP contribution in [0.4, 0.5) is 0 Å². The number of hydrogen-bond donors (Lipinski definition) is 0. The Bertz CT molecular complexity index is 599. The van der Waals surface area contributed by atoms with Gasteiger partial charge in [-0.15, -0.1) is 0 Å². The normalized spacial score (nSPS) is 10.9. The third-order valence-corrected chi connectivity index (χ3v) is 3.57. The van der Waals surface area contributed by atoms with E-state index in [1.165, 1.54) is 0 Å². The average Bonchev–Trinajstić information content (AvgIpc) is 2.18. The van der Waals surface area contributed by atoms with E-state index in [4.69, 9.17) is 0 Å². The molecule has 0 spiro atoms. The van der Waals surface area contributed by atoms with Crippen LogP contribution >= 0.6 is 15.9 Å². The molecule has 1 aromatic heterocycles. The van der Waals surface area contributed by atoms with Crippen LogP contribution in [0.2, 0.25) is 0 Å². The number of nitrogens with zero attached hydrogens (tertiary/aromatic N) is 1. The van der Waals surface area contributed by atoms with Crippen LogP contribution in [-0.2, 0) is 7.05 Å². The van der Waals surface area contributed by atoms with E-state index in [0.29, 0.717) is 0 Å². The van der Waals surface area contributed by atoms with Crippen LogP contribution in [-0.4, -0.2) is 4.57 Å². The molecule has 0 radical (unpaired) electrons. The van der Waals surface area contributed by atoms with Crippen LogP contribution in [0.5, 0.6) is 0 Å². The van der Waals surface area contributed by atoms with Crippen molar-refractivity contribution in [1.29, 1.82) is 0 Å². The third-order valence-electron chi connectivity index (χ3n) is 2.71. The maximum atomic E-state index is 11.9. The summed E-state index contributed by atoms with van der Waals surface area (Å²) < 4.78 is 3.04. The van der Waals surface area contributed by atoms with Gasteiger partial charge in [0.2, 0.25) is 0 Å². The van der Waals surface area contributed by atoms with Crippen LogP contribution in [0.25, 0.3) is 10.9 Å². The van der Waals surface area contributed by atoms with Crippen LogP contribution in [0, 0.1) is 13.8 Å². The van der Waals surface area contributed by atoms with Gasteiger partial charge in [0.15, 0.2) is 5.43 Å². The summed E-state index contributed by atoms with van der Waals surface area (Å²) in [6.45, 7) is 3.86. The first-order valence-electron chi connectivity index (χ1n) is 4.77. The van der Waals surface area contributed by atoms with Crippen LogP contribution in [0.1, 0.15) is 11.1 Å². The summed E-state index contributed by atoms with van der Waals surface area (Å²) in [6.07, 6.45) is 1.88. The predicted molar refractivity (Wildman–Crippen MR) is 66.4 cm³/mol. The van der Waals surface area contributed by atoms with Gasteiger partial charge in [-0.2, -0.15) is 0 Å². The van der Waals surface area contributed by atoms with Crippen molar-refractivity contribution >= 4 is 26.8 Å². The van der Waals surface area contributed by atoms with Crippen molar-refractivity contribution in [2.45, 2.75) is 13.8 Å². The molecule has 0 atom stereocenters. The summed E-state index contributed by atoms with van der Waals surface area (Å²) in [4.78, 5) is 11.9. The van der Waals surface area contributed by atoms with Crippen LogP contribution in [0.15, 0.2) is 27.6 Å². The van der Waals surface area contributed by atoms with Gasteiger partial charge in [0.1, 0.15) is 0 Å². The Kier molecular flexibility index (Phi) is 2.43. The van der Waals surface area contributed by atoms with Gasteiger partial charge in [-0.3, -0.25) is 4.79 Å². The van der Waals surface area contributed by atoms with Crippen molar-refractivity contribution in [3.8, 4) is 0 Å². The fraction of sp³-hybridized carbons (Fsp3) is 0.250. The van der Waals surface area contributed by atoms with E-state index in [2.05, 4.69) is 15.9 Å². The molecule has 1 aromatic carbocycles. The highest BCUT2D eigenvalue weighted by atomic mass is 79.9. The molecule has 0 fully saturated rings. The lowest BCUT2D eigenvalue weighted by Gasteiger charge is -2.10. The van der Waals surface area contributed by atoms with Crippen LogP contribution < -0.4 is 5.43 Å². The fourth-order valence-corrected chi connectivity index (χ4v) is 2.26. The lowest BCUT2D eigenvalue weighted by atomic mass is 10.1. The van der Waals surface area contributed by atoms with Gasteiger partial charge in [-0.25, -0.2) is 0 Å². The minimum absolute atomic E-state index is 0.124. The molecular weight excluding hydrogens is 254 g/mol. The second kappa shape index (κ2) is 3.49. The standard InChI is InChI=1S/C12H12BrNO/c1-7-6-14(3)11-8(2)10(13)5-4-9(11)12(7)15/h4-6H,1-3H3. The quantitative estimate of drug-likeness (QED) is 0.718. The lowest BCUT2D eigenvalue weighted by molar-refractivity contribution is 0.933. The van der Waals surface area contributed by atoms with E-state index in [-0.39, 0.29) is 5.43 Å². The van der Waals surface area contributed by atoms with Gasteiger partial charge in [0, 0.05) is 28.7 Å². The van der Waals surface area contributed by atoms with Gasteiger partial charge >= 0.3 is 0 Å². The number of benzene rings is 1. The van der Waals surface area contributed by atoms with Crippen molar-refractivity contribution in [2.24, 2.45) is 7.05 Å². The summed E-state index contributed by atoms with van der Waals surface area (Å²) in [5.74, 6) is 0. The molecule has 0 unspecified atom stereocenters. The Balaban J connectivity index is 3.10. The fourth-order valence-electron chi connectivity index (χ4n) is 1.94. The minimum Gasteiger partial charge on any atom is -0.350 e. The van der Waals surface area contributed by atoms with E-state index >= 15 is 0 Å². The number of fused-ring (bicyclic) bond motifs is 1. The molecule has 78 valence electrons. The molecule has 1 heterocycles. The van der Waals surface area contributed by atoms with Gasteiger partial charge in [-0.05, 0) is 31.5 Å². The van der Waals surface area contributed by atoms with Crippen molar-refractivity contribution in [3.63, 3.8) is 0 Å². The minimum atomic E-state index is 0.124. The second-order valence-electron chi connectivity index (χ2n) is 3.82. The van der Waals surface area contributed by atoms with Crippen molar-refractivity contribution in [2.75, 3.05) is 0 Å². The summed E-state index contributed by atoms with van der Waals surface area (Å²) in [6, 6.07) is 3.81. The Morgan fingerprint density at radius 3 is 2.60 bits per heavy atom. The maximum absolute atomic E-state index is 11.9. The first-order chi connectivity index (χ1) is 7.02. The molecule has 0 amide bonds. The molecule has 0 bridgehead atoms. The Labute approximate surface area is 96.7 Å². The van der Waals surface area contributed by atoms with Crippen molar-refractivity contribution in [1.82, 2.24) is 4.57 Å². The van der Waals surface area contributed by atoms with E-state index in [1.54, 1.807) is 0 Å². The predicted octanol–water partition coefficient (Wildman–Crippen LogP) is 2.92. The molecule has 2 rings (SSSR count). The average molecular weight is 266 g/mol. The lowest BCUT2D eigenvalue weighted by Crippen LogP contribution is -2.11. The maximum Gasteiger partial charge on any atom is 0.192 e. The molecule has 2 aromatic rings. The van der Waals surface area contributed by atoms with E-state index in [1.807, 2.05) is 43.8 Å². The molecule has 0 aliphatic carbocycles. The molecule has 3 heteroatoms. The zero-order chi connectivity index (χ0) is 11.2. The van der Waals surface area contributed by atoms with E-state index < -0.39 is 0 Å². The monoisotopic (exact) mass is 265 g/mol. The van der Waals surface area contributed by atoms with Crippen molar-refractivity contribution < 1.29 is 0 Å². The zero-order valence-corrected chi connectivity index (χ0v) is 10.6. The molecule has 0 aliphatic rings. The Hall–Kier alpha value is -1.09. The van der Waals surface area contributed by atoms with Crippen molar-refractivity contribution in [3.05, 3.63) is 44.2 Å². The topological polar surface area (TPSA) is 22.0 Å². The number of rotatable bonds is 0. The highest BCUT2D eigenvalue weighted by Crippen LogP contribution is 2.23. The molecule has 15 heavy (non-hydrogen) atoms. The number of pyridine rings is 1. The first kappa shape index (κ1) is 10.4. The smallest absolute Gasteiger partial charge is 0.192 e. The van der Waals surface area contributed by atoms with Gasteiger partial charge < -0.3 is 4.57 Å². The number of halogens is 1. The SMILES string of the molecule is Cc1cn(C)c2c(C)c(Br)ccc2c1=O. The second-order valence-corrected chi connectivity index (χ2v) is 4.68. The Morgan fingerprint density at radius 2 is 1.93 bits per heavy atom. The largest absolute Gasteiger partial charge is 0.350 e. The van der Waals surface area contributed by atoms with Crippen LogP contribution in [0.3, 0.4) is 0 Å². The highest BCUT2D eigenvalue weighted by molar-refractivity contribution is 9.10. The number of aryl methyl sites for hydroxylation is 3. The number of hydrogen-bond acceptors (Lipinski definition) is 1. The molecular formula is C12H12BrNO. The number of aromatic nitrogens is 1. The highest BCUT2D eigenvalue weighted by Gasteiger charge is 2.08. The zero-order valence-electron chi connectivity index (χ0n) is 8.97. The molecule has 0 saturated carbocycles. The summed E-state index contributed by atoms with van der Waals surface area (Å²) in [5.41, 5.74) is 3.01. The molecule has 2 nitrogen and oxygen atoms in total. The molecule has 0 saturated heterocycles. The first-order valence-corrected chi connectivity index (χ1v) is 5.56. The summed E-state index contributed by atoms with van der Waals surface area (Å²) in [7, 11) is 1.97. The van der Waals surface area contributed by atoms with E-state index in [9.17, 15) is 4.79 Å². The van der Waals surface area contributed by atoms with Gasteiger partial charge in [0.25, 0.3) is 0 Å².